The molecule has 3 aromatic rings. The molecule has 0 atom stereocenters. The maximum absolute atomic E-state index is 14.3. The summed E-state index contributed by atoms with van der Waals surface area (Å²) in [7, 11) is 0. The summed E-state index contributed by atoms with van der Waals surface area (Å²) >= 11 is 6.02. The highest BCUT2D eigenvalue weighted by molar-refractivity contribution is 6.31. The van der Waals surface area contributed by atoms with Gasteiger partial charge in [-0.2, -0.15) is 0 Å². The van der Waals surface area contributed by atoms with Gasteiger partial charge in [-0.15, -0.1) is 0 Å². The van der Waals surface area contributed by atoms with Crippen molar-refractivity contribution >= 4 is 17.6 Å². The molecule has 0 saturated heterocycles. The number of benzene rings is 2. The highest BCUT2D eigenvalue weighted by atomic mass is 35.5. The Morgan fingerprint density at radius 3 is 2.55 bits per heavy atom. The van der Waals surface area contributed by atoms with E-state index in [4.69, 9.17) is 21.4 Å². The van der Waals surface area contributed by atoms with Gasteiger partial charge in [0.1, 0.15) is 34.8 Å². The highest BCUT2D eigenvalue weighted by Crippen LogP contribution is 2.22. The van der Waals surface area contributed by atoms with Crippen LogP contribution in [0, 0.1) is 17.5 Å². The molecule has 150 valence electrons. The highest BCUT2D eigenvalue weighted by Gasteiger charge is 2.16. The molecule has 0 aliphatic rings. The summed E-state index contributed by atoms with van der Waals surface area (Å²) in [5.74, 6) is -3.94. The minimum Gasteiger partial charge on any atom is -0.487 e. The Labute approximate surface area is 167 Å². The molecule has 1 N–H and O–H groups in total. The van der Waals surface area contributed by atoms with E-state index in [0.717, 1.165) is 16.7 Å². The van der Waals surface area contributed by atoms with Crippen LogP contribution >= 0.6 is 11.6 Å². The number of halogens is 4. The molecule has 3 rings (SSSR count). The smallest absolute Gasteiger partial charge is 0.338 e. The molecule has 0 fully saturated rings. The second-order valence-electron chi connectivity index (χ2n) is 6.04. The summed E-state index contributed by atoms with van der Waals surface area (Å²) in [5, 5.41) is 8.67. The maximum Gasteiger partial charge on any atom is 0.338 e. The number of aromatic carboxylic acids is 1. The van der Waals surface area contributed by atoms with Crippen molar-refractivity contribution in [3.63, 3.8) is 0 Å². The summed E-state index contributed by atoms with van der Waals surface area (Å²) in [5.41, 5.74) is -1.16. The first kappa shape index (κ1) is 20.5. The van der Waals surface area contributed by atoms with Gasteiger partial charge in [0.15, 0.2) is 0 Å². The number of ether oxygens (including phenoxy) is 1. The van der Waals surface area contributed by atoms with E-state index >= 15 is 0 Å². The fourth-order valence-corrected chi connectivity index (χ4v) is 2.84. The minimum absolute atomic E-state index is 0.00915. The van der Waals surface area contributed by atoms with Crippen LogP contribution in [0.4, 0.5) is 13.2 Å². The summed E-state index contributed by atoms with van der Waals surface area (Å²) < 4.78 is 47.3. The maximum atomic E-state index is 14.3. The van der Waals surface area contributed by atoms with Crippen LogP contribution in [0.2, 0.25) is 5.02 Å². The normalized spacial score (nSPS) is 10.8. The van der Waals surface area contributed by atoms with Crippen molar-refractivity contribution in [2.45, 2.75) is 13.2 Å². The number of carboxylic acid groups (broad SMARTS) is 1. The van der Waals surface area contributed by atoms with Crippen molar-refractivity contribution < 1.29 is 27.8 Å². The van der Waals surface area contributed by atoms with Gasteiger partial charge in [-0.25, -0.2) is 18.0 Å². The van der Waals surface area contributed by atoms with Crippen LogP contribution in [-0.2, 0) is 13.2 Å². The van der Waals surface area contributed by atoms with Crippen LogP contribution in [-0.4, -0.2) is 15.6 Å². The van der Waals surface area contributed by atoms with Crippen molar-refractivity contribution in [2.75, 3.05) is 0 Å². The van der Waals surface area contributed by atoms with Gasteiger partial charge in [-0.3, -0.25) is 4.79 Å². The molecule has 2 aromatic carbocycles. The van der Waals surface area contributed by atoms with E-state index < -0.39 is 34.5 Å². The zero-order valence-electron chi connectivity index (χ0n) is 14.7. The SMILES string of the molecule is O=C(O)c1cccc(Cn2ccc(OCc3ccc(F)cc3F)c(Cl)c2=O)c1F. The van der Waals surface area contributed by atoms with Gasteiger partial charge in [0.25, 0.3) is 5.56 Å². The minimum atomic E-state index is -1.42. The molecule has 0 saturated carbocycles. The lowest BCUT2D eigenvalue weighted by atomic mass is 10.1. The molecule has 1 heterocycles. The van der Waals surface area contributed by atoms with E-state index in [0.29, 0.717) is 6.07 Å². The molecular weight excluding hydrogens is 411 g/mol. The van der Waals surface area contributed by atoms with Gasteiger partial charge >= 0.3 is 5.97 Å². The van der Waals surface area contributed by atoms with Crippen molar-refractivity contribution in [1.82, 2.24) is 4.57 Å². The quantitative estimate of drug-likeness (QED) is 0.643. The molecule has 0 aliphatic carbocycles. The number of aromatic nitrogens is 1. The second kappa shape index (κ2) is 8.40. The first-order valence-corrected chi connectivity index (χ1v) is 8.62. The molecule has 5 nitrogen and oxygen atoms in total. The summed E-state index contributed by atoms with van der Waals surface area (Å²) in [6, 6.07) is 8.15. The average molecular weight is 424 g/mol. The van der Waals surface area contributed by atoms with Crippen LogP contribution in [0.3, 0.4) is 0 Å². The lowest BCUT2D eigenvalue weighted by Crippen LogP contribution is -2.22. The van der Waals surface area contributed by atoms with E-state index in [-0.39, 0.29) is 35.1 Å². The van der Waals surface area contributed by atoms with Gasteiger partial charge in [-0.05, 0) is 24.3 Å². The van der Waals surface area contributed by atoms with Crippen LogP contribution < -0.4 is 10.3 Å². The number of pyridine rings is 1. The third-order valence-electron chi connectivity index (χ3n) is 4.12. The van der Waals surface area contributed by atoms with Crippen LogP contribution in [0.25, 0.3) is 0 Å². The fourth-order valence-electron chi connectivity index (χ4n) is 2.61. The molecule has 0 spiro atoms. The Hall–Kier alpha value is -3.26. The number of nitrogens with zero attached hydrogens (tertiary/aromatic N) is 1. The van der Waals surface area contributed by atoms with Crippen molar-refractivity contribution in [3.05, 3.63) is 98.2 Å². The average Bonchev–Trinajstić information content (AvgIpc) is 2.67. The summed E-state index contributed by atoms with van der Waals surface area (Å²) in [6.07, 6.45) is 1.29. The molecule has 29 heavy (non-hydrogen) atoms. The number of hydrogen-bond donors (Lipinski definition) is 1. The Morgan fingerprint density at radius 2 is 1.86 bits per heavy atom. The predicted molar refractivity (Wildman–Crippen MR) is 98.9 cm³/mol. The predicted octanol–water partition coefficient (Wildman–Crippen LogP) is 4.24. The van der Waals surface area contributed by atoms with Crippen molar-refractivity contribution in [1.29, 1.82) is 0 Å². The van der Waals surface area contributed by atoms with E-state index in [1.165, 1.54) is 30.5 Å². The lowest BCUT2D eigenvalue weighted by Gasteiger charge is -2.12. The van der Waals surface area contributed by atoms with Gasteiger partial charge < -0.3 is 14.4 Å². The van der Waals surface area contributed by atoms with Gasteiger partial charge in [0, 0.05) is 23.4 Å². The summed E-state index contributed by atoms with van der Waals surface area (Å²) in [4.78, 5) is 23.5. The lowest BCUT2D eigenvalue weighted by molar-refractivity contribution is 0.0691. The van der Waals surface area contributed by atoms with Crippen molar-refractivity contribution in [2.24, 2.45) is 0 Å². The molecule has 9 heteroatoms. The van der Waals surface area contributed by atoms with Crippen LogP contribution in [0.1, 0.15) is 21.5 Å². The standard InChI is InChI=1S/C20H13ClF3NO4/c21-17-16(29-10-12-4-5-13(22)8-15(12)23)6-7-25(19(17)26)9-11-2-1-3-14(18(11)24)20(27)28/h1-8H,9-10H2,(H,27,28). The van der Waals surface area contributed by atoms with E-state index in [2.05, 4.69) is 0 Å². The third kappa shape index (κ3) is 4.43. The number of hydrogen-bond acceptors (Lipinski definition) is 3. The second-order valence-corrected chi connectivity index (χ2v) is 6.41. The fraction of sp³-hybridized carbons (Fsp3) is 0.100. The monoisotopic (exact) mass is 423 g/mol. The largest absolute Gasteiger partial charge is 0.487 e. The molecule has 0 radical (unpaired) electrons. The Kier molecular flexibility index (Phi) is 5.93. The Morgan fingerprint density at radius 1 is 1.10 bits per heavy atom. The molecule has 0 aliphatic heterocycles. The van der Waals surface area contributed by atoms with Gasteiger partial charge in [0.2, 0.25) is 0 Å². The molecule has 1 aromatic heterocycles. The number of rotatable bonds is 6. The molecule has 0 unspecified atom stereocenters. The zero-order valence-corrected chi connectivity index (χ0v) is 15.4. The number of carbonyl (C=O) groups is 1. The first-order valence-electron chi connectivity index (χ1n) is 8.24. The summed E-state index contributed by atoms with van der Waals surface area (Å²) in [6.45, 7) is -0.539. The Bertz CT molecular complexity index is 1150. The van der Waals surface area contributed by atoms with Crippen molar-refractivity contribution in [3.8, 4) is 5.75 Å². The van der Waals surface area contributed by atoms with E-state index in [9.17, 15) is 22.8 Å². The topological polar surface area (TPSA) is 68.5 Å². The first-order chi connectivity index (χ1) is 13.8. The molecule has 0 bridgehead atoms. The Balaban J connectivity index is 1.82. The van der Waals surface area contributed by atoms with Gasteiger partial charge in [-0.1, -0.05) is 23.7 Å². The van der Waals surface area contributed by atoms with E-state index in [1.807, 2.05) is 0 Å². The van der Waals surface area contributed by atoms with Crippen LogP contribution in [0.5, 0.6) is 5.75 Å². The molecular formula is C20H13ClF3NO4. The molecule has 0 amide bonds. The van der Waals surface area contributed by atoms with E-state index in [1.54, 1.807) is 0 Å². The zero-order chi connectivity index (χ0) is 21.1. The van der Waals surface area contributed by atoms with Crippen LogP contribution in [0.15, 0.2) is 53.5 Å². The van der Waals surface area contributed by atoms with Gasteiger partial charge in [0.05, 0.1) is 12.1 Å². The number of carboxylic acids is 1. The third-order valence-corrected chi connectivity index (χ3v) is 4.47.